The van der Waals surface area contributed by atoms with Crippen molar-refractivity contribution in [2.24, 2.45) is 13.0 Å². The molecular weight excluding hydrogens is 266 g/mol. The maximum Gasteiger partial charge on any atom is 0.274 e. The van der Waals surface area contributed by atoms with Gasteiger partial charge in [0.25, 0.3) is 5.91 Å². The quantitative estimate of drug-likeness (QED) is 0.931. The summed E-state index contributed by atoms with van der Waals surface area (Å²) in [4.78, 5) is 14.4. The molecule has 0 saturated carbocycles. The van der Waals surface area contributed by atoms with Crippen LogP contribution in [-0.2, 0) is 13.5 Å². The molecule has 1 fully saturated rings. The molecule has 0 aliphatic carbocycles. The number of carbonyl (C=O) groups is 1. The Bertz CT molecular complexity index is 630. The largest absolute Gasteiger partial charge is 0.337 e. The number of aryl methyl sites for hydroxylation is 2. The van der Waals surface area contributed by atoms with Crippen molar-refractivity contribution in [2.75, 3.05) is 13.1 Å². The molecule has 1 aliphatic heterocycles. The Balaban J connectivity index is 1.65. The Hall–Kier alpha value is -2.11. The molecule has 0 spiro atoms. The molecule has 112 valence electrons. The summed E-state index contributed by atoms with van der Waals surface area (Å²) in [6.07, 6.45) is 6.83. The van der Waals surface area contributed by atoms with E-state index in [0.717, 1.165) is 32.4 Å². The van der Waals surface area contributed by atoms with Gasteiger partial charge in [0.15, 0.2) is 0 Å². The van der Waals surface area contributed by atoms with Crippen LogP contribution in [0.25, 0.3) is 0 Å². The number of rotatable bonds is 3. The van der Waals surface area contributed by atoms with Gasteiger partial charge in [-0.15, -0.1) is 0 Å². The predicted octanol–water partition coefficient (Wildman–Crippen LogP) is 1.55. The summed E-state index contributed by atoms with van der Waals surface area (Å²) in [5, 5.41) is 11.3. The van der Waals surface area contributed by atoms with Crippen molar-refractivity contribution in [1.82, 2.24) is 24.9 Å². The standard InChI is InChI=1S/C15H21N5O/c1-11-9-16-17-14(11)8-12-4-3-6-20(10-12)15(21)13-5-7-19(2)18-13/h5,7,9,12H,3-4,6,8,10H2,1-2H3,(H,16,17)/t12-/m0/s1. The molecule has 1 aliphatic rings. The van der Waals surface area contributed by atoms with E-state index < -0.39 is 0 Å². The Kier molecular flexibility index (Phi) is 3.77. The van der Waals surface area contributed by atoms with Crippen LogP contribution in [0.15, 0.2) is 18.5 Å². The maximum atomic E-state index is 12.5. The number of carbonyl (C=O) groups excluding carboxylic acids is 1. The van der Waals surface area contributed by atoms with Crippen molar-refractivity contribution in [3.05, 3.63) is 35.4 Å². The van der Waals surface area contributed by atoms with Crippen LogP contribution >= 0.6 is 0 Å². The van der Waals surface area contributed by atoms with Gasteiger partial charge in [0.05, 0.1) is 6.20 Å². The first-order valence-corrected chi connectivity index (χ1v) is 7.41. The molecule has 6 nitrogen and oxygen atoms in total. The summed E-state index contributed by atoms with van der Waals surface area (Å²) in [6, 6.07) is 1.78. The molecule has 0 radical (unpaired) electrons. The number of hydrogen-bond donors (Lipinski definition) is 1. The molecule has 3 heterocycles. The van der Waals surface area contributed by atoms with Crippen LogP contribution in [0.1, 0.15) is 34.6 Å². The first-order valence-electron chi connectivity index (χ1n) is 7.41. The average Bonchev–Trinajstić information content (AvgIpc) is 3.08. The van der Waals surface area contributed by atoms with Gasteiger partial charge in [-0.2, -0.15) is 10.2 Å². The highest BCUT2D eigenvalue weighted by Crippen LogP contribution is 2.22. The van der Waals surface area contributed by atoms with Crippen molar-refractivity contribution in [2.45, 2.75) is 26.2 Å². The van der Waals surface area contributed by atoms with E-state index in [1.54, 1.807) is 10.7 Å². The normalized spacial score (nSPS) is 19.0. The third-order valence-electron chi connectivity index (χ3n) is 4.17. The topological polar surface area (TPSA) is 66.8 Å². The van der Waals surface area contributed by atoms with Gasteiger partial charge in [0, 0.05) is 32.0 Å². The third kappa shape index (κ3) is 2.99. The molecule has 2 aromatic heterocycles. The number of nitrogens with zero attached hydrogens (tertiary/aromatic N) is 4. The minimum Gasteiger partial charge on any atom is -0.337 e. The van der Waals surface area contributed by atoms with Crippen molar-refractivity contribution in [3.63, 3.8) is 0 Å². The van der Waals surface area contributed by atoms with Crippen LogP contribution in [0, 0.1) is 12.8 Å². The highest BCUT2D eigenvalue weighted by molar-refractivity contribution is 5.92. The zero-order valence-corrected chi connectivity index (χ0v) is 12.5. The fourth-order valence-corrected chi connectivity index (χ4v) is 2.98. The van der Waals surface area contributed by atoms with E-state index >= 15 is 0 Å². The average molecular weight is 287 g/mol. The van der Waals surface area contributed by atoms with E-state index in [4.69, 9.17) is 0 Å². The van der Waals surface area contributed by atoms with E-state index in [9.17, 15) is 4.79 Å². The first kappa shape index (κ1) is 13.9. The number of H-pyrrole nitrogens is 1. The zero-order chi connectivity index (χ0) is 14.8. The highest BCUT2D eigenvalue weighted by atomic mass is 16.2. The molecule has 2 aromatic rings. The van der Waals surface area contributed by atoms with Gasteiger partial charge in [-0.3, -0.25) is 14.6 Å². The Morgan fingerprint density at radius 2 is 2.38 bits per heavy atom. The summed E-state index contributed by atoms with van der Waals surface area (Å²) in [5.74, 6) is 0.534. The summed E-state index contributed by atoms with van der Waals surface area (Å²) < 4.78 is 1.67. The van der Waals surface area contributed by atoms with Crippen LogP contribution in [0.3, 0.4) is 0 Å². The number of hydrogen-bond acceptors (Lipinski definition) is 3. The predicted molar refractivity (Wildman–Crippen MR) is 78.9 cm³/mol. The van der Waals surface area contributed by atoms with Gasteiger partial charge in [-0.1, -0.05) is 0 Å². The van der Waals surface area contributed by atoms with Crippen molar-refractivity contribution in [1.29, 1.82) is 0 Å². The summed E-state index contributed by atoms with van der Waals surface area (Å²) in [7, 11) is 1.83. The lowest BCUT2D eigenvalue weighted by Crippen LogP contribution is -2.40. The van der Waals surface area contributed by atoms with Crippen molar-refractivity contribution in [3.8, 4) is 0 Å². The fourth-order valence-electron chi connectivity index (χ4n) is 2.98. The molecular formula is C15H21N5O. The number of likely N-dealkylation sites (tertiary alicyclic amines) is 1. The van der Waals surface area contributed by atoms with E-state index in [0.29, 0.717) is 11.6 Å². The molecule has 0 bridgehead atoms. The molecule has 1 atom stereocenters. The molecule has 3 rings (SSSR count). The lowest BCUT2D eigenvalue weighted by Gasteiger charge is -2.32. The van der Waals surface area contributed by atoms with Gasteiger partial charge in [-0.25, -0.2) is 0 Å². The molecule has 21 heavy (non-hydrogen) atoms. The second-order valence-corrected chi connectivity index (χ2v) is 5.87. The summed E-state index contributed by atoms with van der Waals surface area (Å²) in [5.41, 5.74) is 2.92. The van der Waals surface area contributed by atoms with Crippen LogP contribution in [-0.4, -0.2) is 43.9 Å². The van der Waals surface area contributed by atoms with Crippen LogP contribution in [0.4, 0.5) is 0 Å². The van der Waals surface area contributed by atoms with Crippen LogP contribution < -0.4 is 0 Å². The second-order valence-electron chi connectivity index (χ2n) is 5.87. The maximum absolute atomic E-state index is 12.5. The Morgan fingerprint density at radius 3 is 3.05 bits per heavy atom. The molecule has 1 N–H and O–H groups in total. The number of aromatic nitrogens is 4. The molecule has 6 heteroatoms. The van der Waals surface area contributed by atoms with E-state index in [1.807, 2.05) is 24.3 Å². The number of nitrogens with one attached hydrogen (secondary N) is 1. The second kappa shape index (κ2) is 5.71. The lowest BCUT2D eigenvalue weighted by molar-refractivity contribution is 0.0666. The van der Waals surface area contributed by atoms with Gasteiger partial charge >= 0.3 is 0 Å². The third-order valence-corrected chi connectivity index (χ3v) is 4.17. The summed E-state index contributed by atoms with van der Waals surface area (Å²) in [6.45, 7) is 3.69. The first-order chi connectivity index (χ1) is 10.1. The highest BCUT2D eigenvalue weighted by Gasteiger charge is 2.26. The monoisotopic (exact) mass is 287 g/mol. The number of aromatic amines is 1. The lowest BCUT2D eigenvalue weighted by atomic mass is 9.92. The number of amides is 1. The SMILES string of the molecule is Cc1cn[nH]c1C[C@@H]1CCCN(C(=O)c2ccn(C)n2)C1. The molecule has 1 saturated heterocycles. The molecule has 0 aromatic carbocycles. The molecule has 1 amide bonds. The van der Waals surface area contributed by atoms with E-state index in [-0.39, 0.29) is 5.91 Å². The van der Waals surface area contributed by atoms with Gasteiger partial charge in [0.1, 0.15) is 5.69 Å². The van der Waals surface area contributed by atoms with Crippen LogP contribution in [0.5, 0.6) is 0 Å². The van der Waals surface area contributed by atoms with E-state index in [2.05, 4.69) is 22.2 Å². The summed E-state index contributed by atoms with van der Waals surface area (Å²) >= 11 is 0. The minimum atomic E-state index is 0.0432. The smallest absolute Gasteiger partial charge is 0.274 e. The fraction of sp³-hybridized carbons (Fsp3) is 0.533. The van der Waals surface area contributed by atoms with Gasteiger partial charge in [-0.05, 0) is 43.7 Å². The van der Waals surface area contributed by atoms with E-state index in [1.165, 1.54) is 11.3 Å². The van der Waals surface area contributed by atoms with Crippen molar-refractivity contribution >= 4 is 5.91 Å². The Morgan fingerprint density at radius 1 is 1.52 bits per heavy atom. The van der Waals surface area contributed by atoms with Crippen LogP contribution in [0.2, 0.25) is 0 Å². The Labute approximate surface area is 124 Å². The zero-order valence-electron chi connectivity index (χ0n) is 12.5. The van der Waals surface area contributed by atoms with Crippen molar-refractivity contribution < 1.29 is 4.79 Å². The molecule has 0 unspecified atom stereocenters. The van der Waals surface area contributed by atoms with Gasteiger partial charge < -0.3 is 4.90 Å². The van der Waals surface area contributed by atoms with Gasteiger partial charge in [0.2, 0.25) is 0 Å². The number of piperidine rings is 1. The minimum absolute atomic E-state index is 0.0432.